The van der Waals surface area contributed by atoms with E-state index in [-0.39, 0.29) is 14.5 Å². The molecule has 2 unspecified atom stereocenters. The molecule has 0 saturated heterocycles. The molecule has 1 aromatic rings. The van der Waals surface area contributed by atoms with E-state index in [1.807, 2.05) is 6.92 Å². The van der Waals surface area contributed by atoms with Gasteiger partial charge in [0.1, 0.15) is 8.42 Å². The SMILES string of the molecule is CCNC1CC(C)S(=O)(=O)c2sc(S(=O)(=O)NC)cc21. The van der Waals surface area contributed by atoms with Gasteiger partial charge >= 0.3 is 0 Å². The second kappa shape index (κ2) is 5.38. The smallest absolute Gasteiger partial charge is 0.249 e. The number of fused-ring (bicyclic) bond motifs is 1. The van der Waals surface area contributed by atoms with Crippen molar-refractivity contribution in [3.63, 3.8) is 0 Å². The van der Waals surface area contributed by atoms with Crippen LogP contribution in [0.3, 0.4) is 0 Å². The molecule has 1 aliphatic rings. The van der Waals surface area contributed by atoms with Crippen LogP contribution in [0, 0.1) is 0 Å². The lowest BCUT2D eigenvalue weighted by atomic mass is 10.1. The number of rotatable bonds is 4. The first-order chi connectivity index (χ1) is 9.24. The number of sulfonamides is 1. The maximum absolute atomic E-state index is 12.3. The largest absolute Gasteiger partial charge is 0.310 e. The van der Waals surface area contributed by atoms with E-state index in [1.165, 1.54) is 13.1 Å². The van der Waals surface area contributed by atoms with Gasteiger partial charge in [-0.2, -0.15) is 0 Å². The highest BCUT2D eigenvalue weighted by atomic mass is 32.3. The molecule has 114 valence electrons. The minimum Gasteiger partial charge on any atom is -0.310 e. The van der Waals surface area contributed by atoms with Gasteiger partial charge in [0, 0.05) is 11.6 Å². The number of sulfone groups is 1. The van der Waals surface area contributed by atoms with Crippen molar-refractivity contribution in [2.75, 3.05) is 13.6 Å². The van der Waals surface area contributed by atoms with Gasteiger partial charge in [-0.3, -0.25) is 0 Å². The zero-order valence-corrected chi connectivity index (χ0v) is 14.0. The lowest BCUT2D eigenvalue weighted by Gasteiger charge is -2.27. The minimum atomic E-state index is -3.62. The summed E-state index contributed by atoms with van der Waals surface area (Å²) in [6.45, 7) is 4.29. The Kier molecular flexibility index (Phi) is 4.27. The van der Waals surface area contributed by atoms with Crippen molar-refractivity contribution in [3.05, 3.63) is 11.6 Å². The highest BCUT2D eigenvalue weighted by Crippen LogP contribution is 2.42. The molecule has 2 N–H and O–H groups in total. The molecule has 0 aliphatic carbocycles. The van der Waals surface area contributed by atoms with Crippen LogP contribution in [0.15, 0.2) is 14.5 Å². The molecule has 0 radical (unpaired) electrons. The summed E-state index contributed by atoms with van der Waals surface area (Å²) in [6.07, 6.45) is 0.457. The monoisotopic (exact) mass is 338 g/mol. The molecule has 0 bridgehead atoms. The predicted octanol–water partition coefficient (Wildman–Crippen LogP) is 0.873. The molecular formula is C11H18N2O4S3. The normalized spacial score (nSPS) is 25.4. The molecule has 0 amide bonds. The van der Waals surface area contributed by atoms with E-state index in [1.54, 1.807) is 6.92 Å². The summed E-state index contributed by atoms with van der Waals surface area (Å²) < 4.78 is 50.9. The lowest BCUT2D eigenvalue weighted by Crippen LogP contribution is -2.33. The van der Waals surface area contributed by atoms with Gasteiger partial charge in [-0.05, 0) is 33.0 Å². The van der Waals surface area contributed by atoms with Crippen LogP contribution in [0.25, 0.3) is 0 Å². The van der Waals surface area contributed by atoms with E-state index >= 15 is 0 Å². The van der Waals surface area contributed by atoms with Gasteiger partial charge in [0.15, 0.2) is 9.84 Å². The molecule has 1 aromatic heterocycles. The van der Waals surface area contributed by atoms with Gasteiger partial charge in [-0.25, -0.2) is 21.6 Å². The number of thiophene rings is 1. The summed E-state index contributed by atoms with van der Waals surface area (Å²) >= 11 is 0.829. The summed E-state index contributed by atoms with van der Waals surface area (Å²) in [4.78, 5) is 0. The Bertz CT molecular complexity index is 706. The van der Waals surface area contributed by atoms with Gasteiger partial charge in [0.2, 0.25) is 10.0 Å². The summed E-state index contributed by atoms with van der Waals surface area (Å²) in [5, 5.41) is 2.71. The fourth-order valence-electron chi connectivity index (χ4n) is 2.27. The van der Waals surface area contributed by atoms with Crippen LogP contribution >= 0.6 is 11.3 Å². The topological polar surface area (TPSA) is 92.3 Å². The number of hydrogen-bond acceptors (Lipinski definition) is 6. The van der Waals surface area contributed by atoms with E-state index in [4.69, 9.17) is 0 Å². The molecular weight excluding hydrogens is 320 g/mol. The molecule has 0 saturated carbocycles. The lowest BCUT2D eigenvalue weighted by molar-refractivity contribution is 0.477. The third-order valence-electron chi connectivity index (χ3n) is 3.42. The molecule has 1 aliphatic heterocycles. The second-order valence-corrected chi connectivity index (χ2v) is 10.4. The standard InChI is InChI=1S/C11H18N2O4S3/c1-4-13-9-5-7(2)19(14,15)11-8(9)6-10(18-11)20(16,17)12-3/h6-7,9,12-13H,4-5H2,1-3H3. The molecule has 0 fully saturated rings. The Labute approximate surface area is 123 Å². The Hall–Kier alpha value is -0.480. The Morgan fingerprint density at radius 1 is 1.45 bits per heavy atom. The average Bonchev–Trinajstić information content (AvgIpc) is 2.83. The molecule has 2 heterocycles. The van der Waals surface area contributed by atoms with E-state index in [2.05, 4.69) is 10.0 Å². The molecule has 6 nitrogen and oxygen atoms in total. The quantitative estimate of drug-likeness (QED) is 0.850. The second-order valence-electron chi connectivity index (χ2n) is 4.72. The third-order valence-corrected chi connectivity index (χ3v) is 9.20. The number of hydrogen-bond donors (Lipinski definition) is 2. The van der Waals surface area contributed by atoms with Crippen molar-refractivity contribution >= 4 is 31.2 Å². The molecule has 0 aromatic carbocycles. The molecule has 20 heavy (non-hydrogen) atoms. The van der Waals surface area contributed by atoms with Crippen LogP contribution in [0.2, 0.25) is 0 Å². The first-order valence-electron chi connectivity index (χ1n) is 6.28. The van der Waals surface area contributed by atoms with Crippen LogP contribution in [0.5, 0.6) is 0 Å². The van der Waals surface area contributed by atoms with Gasteiger partial charge in [-0.15, -0.1) is 11.3 Å². The van der Waals surface area contributed by atoms with E-state index in [9.17, 15) is 16.8 Å². The van der Waals surface area contributed by atoms with E-state index in [0.717, 1.165) is 11.3 Å². The van der Waals surface area contributed by atoms with Crippen molar-refractivity contribution in [1.29, 1.82) is 0 Å². The fraction of sp³-hybridized carbons (Fsp3) is 0.636. The van der Waals surface area contributed by atoms with Crippen molar-refractivity contribution in [2.24, 2.45) is 0 Å². The average molecular weight is 338 g/mol. The number of nitrogens with one attached hydrogen (secondary N) is 2. The Balaban J connectivity index is 2.63. The molecule has 9 heteroatoms. The Morgan fingerprint density at radius 3 is 2.65 bits per heavy atom. The first-order valence-corrected chi connectivity index (χ1v) is 10.1. The highest BCUT2D eigenvalue weighted by Gasteiger charge is 2.39. The predicted molar refractivity (Wildman–Crippen MR) is 78.2 cm³/mol. The van der Waals surface area contributed by atoms with Crippen molar-refractivity contribution in [3.8, 4) is 0 Å². The van der Waals surface area contributed by atoms with Crippen molar-refractivity contribution < 1.29 is 16.8 Å². The zero-order valence-electron chi connectivity index (χ0n) is 11.5. The van der Waals surface area contributed by atoms with Gasteiger partial charge in [0.05, 0.1) is 5.25 Å². The molecule has 2 rings (SSSR count). The molecule has 2 atom stereocenters. The van der Waals surface area contributed by atoms with Crippen LogP contribution in [0.1, 0.15) is 31.9 Å². The van der Waals surface area contributed by atoms with E-state index < -0.39 is 25.1 Å². The Morgan fingerprint density at radius 2 is 2.10 bits per heavy atom. The summed E-state index contributed by atoms with van der Waals surface area (Å²) in [7, 11) is -5.74. The maximum Gasteiger partial charge on any atom is 0.249 e. The zero-order chi connectivity index (χ0) is 15.1. The van der Waals surface area contributed by atoms with Crippen LogP contribution < -0.4 is 10.0 Å². The van der Waals surface area contributed by atoms with Gasteiger partial charge in [0.25, 0.3) is 0 Å². The summed E-state index contributed by atoms with van der Waals surface area (Å²) in [6, 6.07) is 1.35. The van der Waals surface area contributed by atoms with Crippen LogP contribution in [-0.4, -0.2) is 35.7 Å². The summed E-state index contributed by atoms with van der Waals surface area (Å²) in [5.74, 6) is 0. The fourth-order valence-corrected chi connectivity index (χ4v) is 7.11. The van der Waals surface area contributed by atoms with Gasteiger partial charge in [-0.1, -0.05) is 6.92 Å². The van der Waals surface area contributed by atoms with E-state index in [0.29, 0.717) is 18.5 Å². The maximum atomic E-state index is 12.3. The van der Waals surface area contributed by atoms with Crippen molar-refractivity contribution in [2.45, 2.75) is 40.0 Å². The van der Waals surface area contributed by atoms with Gasteiger partial charge < -0.3 is 5.32 Å². The van der Waals surface area contributed by atoms with Crippen molar-refractivity contribution in [1.82, 2.24) is 10.0 Å². The van der Waals surface area contributed by atoms with Crippen LogP contribution in [-0.2, 0) is 19.9 Å². The summed E-state index contributed by atoms with van der Waals surface area (Å²) in [5.41, 5.74) is 0.573. The van der Waals surface area contributed by atoms with Crippen LogP contribution in [0.4, 0.5) is 0 Å². The highest BCUT2D eigenvalue weighted by molar-refractivity contribution is 7.95. The first kappa shape index (κ1) is 15.9. The minimum absolute atomic E-state index is 0.0468. The molecule has 0 spiro atoms. The third kappa shape index (κ3) is 2.52.